The van der Waals surface area contributed by atoms with Crippen molar-refractivity contribution in [2.24, 2.45) is 0 Å². The summed E-state index contributed by atoms with van der Waals surface area (Å²) in [6, 6.07) is 0. The van der Waals surface area contributed by atoms with E-state index in [0.717, 1.165) is 5.76 Å². The SMILES string of the molecule is COP(=S)(OC)ON1C=C(C)OC1. The molecule has 0 N–H and O–H groups in total. The average Bonchev–Trinajstić information content (AvgIpc) is 2.51. The van der Waals surface area contributed by atoms with Crippen LogP contribution in [0.2, 0.25) is 0 Å². The summed E-state index contributed by atoms with van der Waals surface area (Å²) in [6.45, 7) is -0.480. The molecule has 1 aliphatic heterocycles. The third-order valence-corrected chi connectivity index (χ3v) is 3.80. The fourth-order valence-electron chi connectivity index (χ4n) is 0.760. The zero-order valence-electron chi connectivity index (χ0n) is 7.72. The standard InChI is InChI=1S/C6H12NO4PS/c1-6-4-7(5-10-6)11-12(13,8-2)9-3/h4H,5H2,1-3H3. The van der Waals surface area contributed by atoms with Crippen molar-refractivity contribution >= 4 is 18.5 Å². The molecule has 5 nitrogen and oxygen atoms in total. The van der Waals surface area contributed by atoms with E-state index >= 15 is 0 Å². The number of hydrogen-bond acceptors (Lipinski definition) is 6. The second-order valence-electron chi connectivity index (χ2n) is 2.32. The van der Waals surface area contributed by atoms with Gasteiger partial charge in [-0.1, -0.05) is 0 Å². The summed E-state index contributed by atoms with van der Waals surface area (Å²) >= 11 is 5.00. The van der Waals surface area contributed by atoms with Crippen molar-refractivity contribution in [3.63, 3.8) is 0 Å². The molecule has 0 atom stereocenters. The first-order chi connectivity index (χ1) is 6.09. The van der Waals surface area contributed by atoms with Gasteiger partial charge < -0.3 is 13.8 Å². The molecule has 0 unspecified atom stereocenters. The molecule has 0 spiro atoms. The third kappa shape index (κ3) is 2.93. The fraction of sp³-hybridized carbons (Fsp3) is 0.667. The van der Waals surface area contributed by atoms with E-state index in [1.54, 1.807) is 6.20 Å². The van der Waals surface area contributed by atoms with Crippen molar-refractivity contribution in [3.05, 3.63) is 12.0 Å². The number of nitrogens with zero attached hydrogens (tertiary/aromatic N) is 1. The largest absolute Gasteiger partial charge is 0.474 e. The van der Waals surface area contributed by atoms with Gasteiger partial charge in [0.2, 0.25) is 0 Å². The van der Waals surface area contributed by atoms with E-state index in [-0.39, 0.29) is 0 Å². The van der Waals surface area contributed by atoms with Crippen LogP contribution in [0.1, 0.15) is 6.92 Å². The zero-order valence-corrected chi connectivity index (χ0v) is 9.43. The Morgan fingerprint density at radius 3 is 2.54 bits per heavy atom. The maximum atomic E-state index is 5.28. The van der Waals surface area contributed by atoms with Crippen molar-refractivity contribution in [2.45, 2.75) is 6.92 Å². The molecule has 1 aliphatic rings. The Hall–Kier alpha value is -0.130. The lowest BCUT2D eigenvalue weighted by atomic mass is 10.6. The Labute approximate surface area is 82.4 Å². The van der Waals surface area contributed by atoms with Gasteiger partial charge in [-0.15, -0.1) is 0 Å². The Kier molecular flexibility index (Phi) is 3.70. The first kappa shape index (κ1) is 10.9. The van der Waals surface area contributed by atoms with Crippen LogP contribution in [0.5, 0.6) is 0 Å². The van der Waals surface area contributed by atoms with Crippen molar-refractivity contribution < 1.29 is 18.4 Å². The Morgan fingerprint density at radius 2 is 2.15 bits per heavy atom. The lowest BCUT2D eigenvalue weighted by Crippen LogP contribution is -2.15. The molecule has 0 saturated carbocycles. The van der Waals surface area contributed by atoms with Crippen LogP contribution in [0.25, 0.3) is 0 Å². The molecule has 0 aromatic heterocycles. The molecule has 0 aliphatic carbocycles. The van der Waals surface area contributed by atoms with Gasteiger partial charge in [0.25, 0.3) is 0 Å². The summed E-state index contributed by atoms with van der Waals surface area (Å²) in [7, 11) is 2.91. The normalized spacial score (nSPS) is 17.2. The maximum absolute atomic E-state index is 5.28. The summed E-state index contributed by atoms with van der Waals surface area (Å²) in [6.07, 6.45) is 1.69. The smallest absolute Gasteiger partial charge is 0.348 e. The van der Waals surface area contributed by atoms with Gasteiger partial charge >= 0.3 is 6.72 Å². The lowest BCUT2D eigenvalue weighted by molar-refractivity contribution is -0.0663. The highest BCUT2D eigenvalue weighted by atomic mass is 32.5. The third-order valence-electron chi connectivity index (χ3n) is 1.40. The predicted molar refractivity (Wildman–Crippen MR) is 50.9 cm³/mol. The minimum Gasteiger partial charge on any atom is -0.474 e. The molecule has 0 amide bonds. The van der Waals surface area contributed by atoms with Crippen molar-refractivity contribution in [3.8, 4) is 0 Å². The van der Waals surface area contributed by atoms with E-state index in [1.165, 1.54) is 19.3 Å². The highest BCUT2D eigenvalue weighted by Crippen LogP contribution is 2.49. The van der Waals surface area contributed by atoms with E-state index in [0.29, 0.717) is 6.73 Å². The Balaban J connectivity index is 2.53. The van der Waals surface area contributed by atoms with Gasteiger partial charge in [0.05, 0.1) is 6.20 Å². The lowest BCUT2D eigenvalue weighted by Gasteiger charge is -2.21. The van der Waals surface area contributed by atoms with Gasteiger partial charge in [0.15, 0.2) is 6.73 Å². The number of hydroxylamine groups is 2. The molecule has 13 heavy (non-hydrogen) atoms. The molecule has 0 bridgehead atoms. The second-order valence-corrected chi connectivity index (χ2v) is 5.45. The van der Waals surface area contributed by atoms with Gasteiger partial charge in [-0.05, 0) is 18.7 Å². The molecule has 1 heterocycles. The Bertz CT molecular complexity index is 249. The van der Waals surface area contributed by atoms with Crippen LogP contribution in [-0.2, 0) is 30.2 Å². The minimum atomic E-state index is -2.62. The van der Waals surface area contributed by atoms with Crippen LogP contribution in [0.3, 0.4) is 0 Å². The molecule has 0 radical (unpaired) electrons. The predicted octanol–water partition coefficient (Wildman–Crippen LogP) is 1.59. The van der Waals surface area contributed by atoms with Crippen LogP contribution in [0.15, 0.2) is 12.0 Å². The summed E-state index contributed by atoms with van der Waals surface area (Å²) in [5.41, 5.74) is 0. The average molecular weight is 225 g/mol. The summed E-state index contributed by atoms with van der Waals surface area (Å²) in [5, 5.41) is 1.46. The molecule has 0 aromatic rings. The van der Waals surface area contributed by atoms with Gasteiger partial charge in [-0.2, -0.15) is 4.62 Å². The molecule has 0 aromatic carbocycles. The van der Waals surface area contributed by atoms with Gasteiger partial charge in [-0.25, -0.2) is 5.06 Å². The quantitative estimate of drug-likeness (QED) is 0.676. The monoisotopic (exact) mass is 225 g/mol. The second kappa shape index (κ2) is 4.39. The first-order valence-electron chi connectivity index (χ1n) is 3.59. The molecular formula is C6H12NO4PS. The molecule has 76 valence electrons. The number of allylic oxidation sites excluding steroid dienone is 1. The molecule has 1 rings (SSSR count). The van der Waals surface area contributed by atoms with Gasteiger partial charge in [0, 0.05) is 14.2 Å². The highest BCUT2D eigenvalue weighted by molar-refractivity contribution is 8.07. The van der Waals surface area contributed by atoms with Crippen LogP contribution in [0, 0.1) is 0 Å². The first-order valence-corrected chi connectivity index (χ1v) is 6.14. The van der Waals surface area contributed by atoms with Crippen molar-refractivity contribution in [1.29, 1.82) is 0 Å². The zero-order chi connectivity index (χ0) is 9.90. The topological polar surface area (TPSA) is 40.2 Å². The van der Waals surface area contributed by atoms with E-state index in [4.69, 9.17) is 30.2 Å². The summed E-state index contributed by atoms with van der Waals surface area (Å²) in [5.74, 6) is 0.772. The van der Waals surface area contributed by atoms with Crippen LogP contribution in [0.4, 0.5) is 0 Å². The van der Waals surface area contributed by atoms with E-state index < -0.39 is 6.72 Å². The molecule has 0 saturated heterocycles. The van der Waals surface area contributed by atoms with Gasteiger partial charge in [0.1, 0.15) is 5.76 Å². The van der Waals surface area contributed by atoms with Gasteiger partial charge in [-0.3, -0.25) is 0 Å². The fourth-order valence-corrected chi connectivity index (χ4v) is 1.65. The van der Waals surface area contributed by atoms with Crippen molar-refractivity contribution in [1.82, 2.24) is 5.06 Å². The van der Waals surface area contributed by atoms with E-state index in [2.05, 4.69) is 0 Å². The molecule has 7 heteroatoms. The molecule has 0 fully saturated rings. The summed E-state index contributed by atoms with van der Waals surface area (Å²) < 4.78 is 20.3. The Morgan fingerprint density at radius 1 is 1.54 bits per heavy atom. The minimum absolute atomic E-state index is 0.316. The number of rotatable bonds is 4. The van der Waals surface area contributed by atoms with Crippen LogP contribution < -0.4 is 0 Å². The van der Waals surface area contributed by atoms with E-state index in [1.807, 2.05) is 6.92 Å². The highest BCUT2D eigenvalue weighted by Gasteiger charge is 2.23. The van der Waals surface area contributed by atoms with E-state index in [9.17, 15) is 0 Å². The van der Waals surface area contributed by atoms with Crippen LogP contribution >= 0.6 is 6.72 Å². The van der Waals surface area contributed by atoms with Crippen LogP contribution in [-0.4, -0.2) is 26.0 Å². The number of hydrogen-bond donors (Lipinski definition) is 0. The summed E-state index contributed by atoms with van der Waals surface area (Å²) in [4.78, 5) is 0. The van der Waals surface area contributed by atoms with Crippen molar-refractivity contribution in [2.75, 3.05) is 21.0 Å². The number of ether oxygens (including phenoxy) is 1. The molecular weight excluding hydrogens is 213 g/mol. The maximum Gasteiger partial charge on any atom is 0.348 e.